The Balaban J connectivity index is 1.41. The fraction of sp³-hybridized carbons (Fsp3) is 0.409. The lowest BCUT2D eigenvalue weighted by molar-refractivity contribution is -0.120. The van der Waals surface area contributed by atoms with E-state index < -0.39 is 5.91 Å². The summed E-state index contributed by atoms with van der Waals surface area (Å²) in [5, 5.41) is 0. The third-order valence-corrected chi connectivity index (χ3v) is 5.92. The summed E-state index contributed by atoms with van der Waals surface area (Å²) in [5.74, 6) is -0.141. The van der Waals surface area contributed by atoms with Crippen LogP contribution in [0.3, 0.4) is 0 Å². The summed E-state index contributed by atoms with van der Waals surface area (Å²) >= 11 is 0. The van der Waals surface area contributed by atoms with Crippen molar-refractivity contribution in [1.29, 1.82) is 0 Å². The molecule has 2 N–H and O–H groups in total. The van der Waals surface area contributed by atoms with Crippen LogP contribution in [0.25, 0.3) is 0 Å². The summed E-state index contributed by atoms with van der Waals surface area (Å²) in [4.78, 5) is 35.1. The standard InChI is InChI=1S/C22H26FN5O2/c1-15-4-5-16-13-17(23)6-7-19(16)28(15)20(29)14-26-9-11-27(12-10-26)22-18(21(24)30)3-2-8-25-22/h2-3,6-8,13,15H,4-5,9-12,14H2,1H3,(H2,24,30). The smallest absolute Gasteiger partial charge is 0.252 e. The van der Waals surface area contributed by atoms with Gasteiger partial charge in [-0.25, -0.2) is 9.37 Å². The number of pyridine rings is 1. The van der Waals surface area contributed by atoms with Crippen molar-refractivity contribution in [3.05, 3.63) is 53.5 Å². The zero-order valence-electron chi connectivity index (χ0n) is 17.1. The average Bonchev–Trinajstić information content (AvgIpc) is 2.74. The fourth-order valence-corrected chi connectivity index (χ4v) is 4.33. The Hall–Kier alpha value is -3.00. The number of amides is 2. The first kappa shape index (κ1) is 20.3. The number of anilines is 2. The fourth-order valence-electron chi connectivity index (χ4n) is 4.33. The molecule has 158 valence electrons. The van der Waals surface area contributed by atoms with Crippen LogP contribution in [0.5, 0.6) is 0 Å². The van der Waals surface area contributed by atoms with E-state index in [2.05, 4.69) is 9.88 Å². The molecular weight excluding hydrogens is 385 g/mol. The Morgan fingerprint density at radius 3 is 2.70 bits per heavy atom. The third-order valence-electron chi connectivity index (χ3n) is 5.92. The van der Waals surface area contributed by atoms with E-state index in [0.29, 0.717) is 44.1 Å². The highest BCUT2D eigenvalue weighted by atomic mass is 19.1. The van der Waals surface area contributed by atoms with Gasteiger partial charge in [-0.05, 0) is 55.7 Å². The van der Waals surface area contributed by atoms with Crippen molar-refractivity contribution in [2.75, 3.05) is 42.5 Å². The van der Waals surface area contributed by atoms with E-state index in [4.69, 9.17) is 5.73 Å². The second kappa shape index (κ2) is 8.39. The molecule has 0 saturated carbocycles. The highest BCUT2D eigenvalue weighted by Gasteiger charge is 2.30. The van der Waals surface area contributed by atoms with Gasteiger partial charge in [-0.1, -0.05) is 0 Å². The van der Waals surface area contributed by atoms with Gasteiger partial charge in [0.15, 0.2) is 0 Å². The predicted octanol–water partition coefficient (Wildman–Crippen LogP) is 1.81. The van der Waals surface area contributed by atoms with Crippen molar-refractivity contribution in [2.24, 2.45) is 5.73 Å². The third kappa shape index (κ3) is 4.00. The Kier molecular flexibility index (Phi) is 5.67. The average molecular weight is 411 g/mol. The van der Waals surface area contributed by atoms with Crippen LogP contribution < -0.4 is 15.5 Å². The summed E-state index contributed by atoms with van der Waals surface area (Å²) < 4.78 is 13.6. The summed E-state index contributed by atoms with van der Waals surface area (Å²) in [6.07, 6.45) is 3.25. The Morgan fingerprint density at radius 2 is 1.97 bits per heavy atom. The number of piperazine rings is 1. The van der Waals surface area contributed by atoms with E-state index in [1.54, 1.807) is 24.4 Å². The normalized spacial score (nSPS) is 19.5. The van der Waals surface area contributed by atoms with Gasteiger partial charge < -0.3 is 15.5 Å². The Morgan fingerprint density at radius 1 is 1.20 bits per heavy atom. The van der Waals surface area contributed by atoms with E-state index in [-0.39, 0.29) is 17.8 Å². The number of hydrogen-bond acceptors (Lipinski definition) is 5. The molecule has 1 atom stereocenters. The highest BCUT2D eigenvalue weighted by Crippen LogP contribution is 2.31. The number of aromatic nitrogens is 1. The Labute approximate surface area is 175 Å². The summed E-state index contributed by atoms with van der Waals surface area (Å²) in [6, 6.07) is 8.12. The molecule has 8 heteroatoms. The quantitative estimate of drug-likeness (QED) is 0.830. The number of primary amides is 1. The van der Waals surface area contributed by atoms with Gasteiger partial charge in [0.1, 0.15) is 11.6 Å². The molecule has 0 aliphatic carbocycles. The molecule has 1 aromatic heterocycles. The van der Waals surface area contributed by atoms with Crippen LogP contribution in [0.4, 0.5) is 15.9 Å². The minimum Gasteiger partial charge on any atom is -0.365 e. The first-order valence-corrected chi connectivity index (χ1v) is 10.3. The number of nitrogens with zero attached hydrogens (tertiary/aromatic N) is 4. The molecule has 7 nitrogen and oxygen atoms in total. The summed E-state index contributed by atoms with van der Waals surface area (Å²) in [7, 11) is 0. The van der Waals surface area contributed by atoms with Crippen molar-refractivity contribution in [2.45, 2.75) is 25.8 Å². The van der Waals surface area contributed by atoms with Crippen LogP contribution in [-0.4, -0.2) is 60.5 Å². The molecule has 2 aromatic rings. The van der Waals surface area contributed by atoms with E-state index >= 15 is 0 Å². The van der Waals surface area contributed by atoms with Gasteiger partial charge in [0, 0.05) is 44.1 Å². The lowest BCUT2D eigenvalue weighted by Gasteiger charge is -2.39. The van der Waals surface area contributed by atoms with Gasteiger partial charge in [-0.3, -0.25) is 14.5 Å². The monoisotopic (exact) mass is 411 g/mol. The molecule has 2 aliphatic rings. The zero-order chi connectivity index (χ0) is 21.3. The van der Waals surface area contributed by atoms with Crippen molar-refractivity contribution in [3.8, 4) is 0 Å². The first-order valence-electron chi connectivity index (χ1n) is 10.3. The maximum atomic E-state index is 13.6. The number of carbonyl (C=O) groups excluding carboxylic acids is 2. The number of halogens is 1. The first-order chi connectivity index (χ1) is 14.4. The molecule has 4 rings (SSSR count). The zero-order valence-corrected chi connectivity index (χ0v) is 17.1. The van der Waals surface area contributed by atoms with E-state index in [1.807, 2.05) is 16.7 Å². The van der Waals surface area contributed by atoms with Crippen molar-refractivity contribution >= 4 is 23.3 Å². The number of benzene rings is 1. The molecule has 30 heavy (non-hydrogen) atoms. The largest absolute Gasteiger partial charge is 0.365 e. The van der Waals surface area contributed by atoms with Gasteiger partial charge in [0.2, 0.25) is 5.91 Å². The number of carbonyl (C=O) groups is 2. The maximum Gasteiger partial charge on any atom is 0.252 e. The van der Waals surface area contributed by atoms with Crippen LogP contribution in [-0.2, 0) is 11.2 Å². The van der Waals surface area contributed by atoms with Crippen LogP contribution in [0.2, 0.25) is 0 Å². The van der Waals surface area contributed by atoms with Crippen molar-refractivity contribution in [1.82, 2.24) is 9.88 Å². The van der Waals surface area contributed by atoms with Crippen molar-refractivity contribution in [3.63, 3.8) is 0 Å². The summed E-state index contributed by atoms with van der Waals surface area (Å²) in [5.41, 5.74) is 7.59. The minimum absolute atomic E-state index is 0.0270. The highest BCUT2D eigenvalue weighted by molar-refractivity contribution is 5.98. The number of aryl methyl sites for hydroxylation is 1. The number of hydrogen-bond donors (Lipinski definition) is 1. The SMILES string of the molecule is CC1CCc2cc(F)ccc2N1C(=O)CN1CCN(c2ncccc2C(N)=O)CC1. The summed E-state index contributed by atoms with van der Waals surface area (Å²) in [6.45, 7) is 5.01. The van der Waals surface area contributed by atoms with Crippen LogP contribution in [0, 0.1) is 5.82 Å². The molecule has 1 saturated heterocycles. The van der Waals surface area contributed by atoms with E-state index in [1.165, 1.54) is 12.1 Å². The van der Waals surface area contributed by atoms with Crippen LogP contribution in [0.15, 0.2) is 36.5 Å². The molecule has 1 aromatic carbocycles. The topological polar surface area (TPSA) is 82.8 Å². The van der Waals surface area contributed by atoms with Gasteiger partial charge in [0.05, 0.1) is 12.1 Å². The van der Waals surface area contributed by atoms with E-state index in [9.17, 15) is 14.0 Å². The molecule has 1 unspecified atom stereocenters. The molecule has 2 aliphatic heterocycles. The number of nitrogens with two attached hydrogens (primary N) is 1. The second-order valence-corrected chi connectivity index (χ2v) is 7.93. The van der Waals surface area contributed by atoms with Crippen molar-refractivity contribution < 1.29 is 14.0 Å². The predicted molar refractivity (Wildman–Crippen MR) is 113 cm³/mol. The molecule has 3 heterocycles. The minimum atomic E-state index is -0.495. The van der Waals surface area contributed by atoms with Gasteiger partial charge >= 0.3 is 0 Å². The maximum absolute atomic E-state index is 13.6. The van der Waals surface area contributed by atoms with Gasteiger partial charge in [-0.2, -0.15) is 0 Å². The molecule has 0 spiro atoms. The van der Waals surface area contributed by atoms with Gasteiger partial charge in [-0.15, -0.1) is 0 Å². The van der Waals surface area contributed by atoms with E-state index in [0.717, 1.165) is 24.1 Å². The molecule has 1 fully saturated rings. The number of fused-ring (bicyclic) bond motifs is 1. The Bertz CT molecular complexity index is 958. The number of rotatable bonds is 4. The molecular formula is C22H26FN5O2. The van der Waals surface area contributed by atoms with Crippen LogP contribution in [0.1, 0.15) is 29.3 Å². The van der Waals surface area contributed by atoms with Gasteiger partial charge in [0.25, 0.3) is 5.91 Å². The molecule has 0 radical (unpaired) electrons. The lowest BCUT2D eigenvalue weighted by Crippen LogP contribution is -2.52. The molecule has 2 amide bonds. The molecule has 0 bridgehead atoms. The van der Waals surface area contributed by atoms with Crippen LogP contribution >= 0.6 is 0 Å². The second-order valence-electron chi connectivity index (χ2n) is 7.93. The lowest BCUT2D eigenvalue weighted by atomic mass is 9.96.